The Labute approximate surface area is 86.9 Å². The van der Waals surface area contributed by atoms with Crippen molar-refractivity contribution in [1.29, 1.82) is 0 Å². The average molecular weight is 205 g/mol. The first-order valence-corrected chi connectivity index (χ1v) is 4.90. The van der Waals surface area contributed by atoms with Crippen LogP contribution in [0.4, 0.5) is 0 Å². The zero-order valence-corrected chi connectivity index (χ0v) is 9.91. The molecule has 2 nitrogen and oxygen atoms in total. The quantitative estimate of drug-likeness (QED) is 0.711. The average Bonchev–Trinajstić information content (AvgIpc) is 1.81. The highest BCUT2D eigenvalue weighted by atomic mass is 35.5. The van der Waals surface area contributed by atoms with Gasteiger partial charge in [0.2, 0.25) is 0 Å². The summed E-state index contributed by atoms with van der Waals surface area (Å²) < 4.78 is 0. The molecule has 0 aliphatic carbocycles. The van der Waals surface area contributed by atoms with E-state index in [0.29, 0.717) is 11.6 Å². The minimum absolute atomic E-state index is 0.274. The smallest absolute Gasteiger partial charge is 0.0307 e. The molecule has 0 unspecified atom stereocenters. The van der Waals surface area contributed by atoms with Gasteiger partial charge in [0, 0.05) is 24.7 Å². The molecule has 0 heterocycles. The van der Waals surface area contributed by atoms with Crippen molar-refractivity contribution in [1.82, 2.24) is 10.2 Å². The molecule has 1 N–H and O–H groups in total. The lowest BCUT2D eigenvalue weighted by Crippen LogP contribution is -2.37. The maximum Gasteiger partial charge on any atom is 0.0307 e. The van der Waals surface area contributed by atoms with Crippen molar-refractivity contribution in [3.63, 3.8) is 0 Å². The Morgan fingerprint density at radius 3 is 2.38 bits per heavy atom. The predicted molar refractivity (Wildman–Crippen MR) is 60.2 cm³/mol. The van der Waals surface area contributed by atoms with Gasteiger partial charge in [-0.15, -0.1) is 0 Å². The van der Waals surface area contributed by atoms with Gasteiger partial charge >= 0.3 is 0 Å². The van der Waals surface area contributed by atoms with Crippen molar-refractivity contribution in [2.24, 2.45) is 5.41 Å². The van der Waals surface area contributed by atoms with Crippen molar-refractivity contribution in [3.8, 4) is 0 Å². The van der Waals surface area contributed by atoms with Crippen LogP contribution in [-0.4, -0.2) is 38.6 Å². The third-order valence-corrected chi connectivity index (χ3v) is 1.80. The molecule has 0 amide bonds. The Hall–Kier alpha value is -0.0500. The van der Waals surface area contributed by atoms with E-state index in [9.17, 15) is 0 Å². The van der Waals surface area contributed by atoms with Crippen LogP contribution in [0.5, 0.6) is 0 Å². The Morgan fingerprint density at radius 2 is 2.00 bits per heavy atom. The molecule has 3 heteroatoms. The van der Waals surface area contributed by atoms with E-state index in [-0.39, 0.29) is 5.41 Å². The maximum atomic E-state index is 5.64. The Bertz CT molecular complexity index is 164. The fraction of sp³-hybridized carbons (Fsp3) is 0.800. The second-order valence-corrected chi connectivity index (χ2v) is 5.06. The number of rotatable bonds is 6. The van der Waals surface area contributed by atoms with E-state index in [0.717, 1.165) is 13.1 Å². The minimum atomic E-state index is 0.274. The van der Waals surface area contributed by atoms with E-state index < -0.39 is 0 Å². The summed E-state index contributed by atoms with van der Waals surface area (Å²) in [5, 5.41) is 3.94. The molecular weight excluding hydrogens is 184 g/mol. The second-order valence-electron chi connectivity index (χ2n) is 4.52. The molecule has 0 aliphatic rings. The SMILES string of the molecule is C=C(Cl)CNCC(C)(C)CN(C)C. The molecule has 13 heavy (non-hydrogen) atoms. The number of nitrogens with zero attached hydrogens (tertiary/aromatic N) is 1. The van der Waals surface area contributed by atoms with Gasteiger partial charge in [0.15, 0.2) is 0 Å². The first kappa shape index (κ1) is 12.9. The Morgan fingerprint density at radius 1 is 1.46 bits per heavy atom. The highest BCUT2D eigenvalue weighted by Crippen LogP contribution is 2.14. The van der Waals surface area contributed by atoms with Crippen LogP contribution in [-0.2, 0) is 0 Å². The molecule has 0 rings (SSSR count). The molecule has 0 fully saturated rings. The molecular formula is C10H21ClN2. The molecule has 0 radical (unpaired) electrons. The molecule has 0 bridgehead atoms. The van der Waals surface area contributed by atoms with E-state index in [1.807, 2.05) is 0 Å². The molecule has 0 saturated carbocycles. The Balaban J connectivity index is 3.68. The molecule has 0 aromatic carbocycles. The van der Waals surface area contributed by atoms with Crippen LogP contribution in [0.15, 0.2) is 11.6 Å². The van der Waals surface area contributed by atoms with Crippen LogP contribution in [0.3, 0.4) is 0 Å². The molecule has 0 aromatic heterocycles. The van der Waals surface area contributed by atoms with Crippen LogP contribution in [0.25, 0.3) is 0 Å². The lowest BCUT2D eigenvalue weighted by molar-refractivity contribution is 0.235. The minimum Gasteiger partial charge on any atom is -0.311 e. The van der Waals surface area contributed by atoms with Crippen LogP contribution in [0, 0.1) is 5.41 Å². The lowest BCUT2D eigenvalue weighted by atomic mass is 9.93. The van der Waals surface area contributed by atoms with Gasteiger partial charge in [-0.3, -0.25) is 0 Å². The van der Waals surface area contributed by atoms with Crippen LogP contribution in [0.2, 0.25) is 0 Å². The van der Waals surface area contributed by atoms with E-state index in [1.54, 1.807) is 0 Å². The largest absolute Gasteiger partial charge is 0.311 e. The molecule has 78 valence electrons. The maximum absolute atomic E-state index is 5.64. The fourth-order valence-electron chi connectivity index (χ4n) is 1.45. The summed E-state index contributed by atoms with van der Waals surface area (Å²) in [6.45, 7) is 10.8. The third-order valence-electron chi connectivity index (χ3n) is 1.66. The van der Waals surface area contributed by atoms with Crippen molar-refractivity contribution < 1.29 is 0 Å². The van der Waals surface area contributed by atoms with E-state index in [1.165, 1.54) is 0 Å². The van der Waals surface area contributed by atoms with Gasteiger partial charge < -0.3 is 10.2 Å². The van der Waals surface area contributed by atoms with Crippen LogP contribution in [0.1, 0.15) is 13.8 Å². The zero-order chi connectivity index (χ0) is 10.5. The summed E-state index contributed by atoms with van der Waals surface area (Å²) in [6.07, 6.45) is 0. The summed E-state index contributed by atoms with van der Waals surface area (Å²) in [7, 11) is 4.17. The van der Waals surface area contributed by atoms with Gasteiger partial charge in [0.05, 0.1) is 0 Å². The molecule has 0 atom stereocenters. The molecule has 0 saturated heterocycles. The van der Waals surface area contributed by atoms with E-state index >= 15 is 0 Å². The van der Waals surface area contributed by atoms with E-state index in [2.05, 4.69) is 44.7 Å². The van der Waals surface area contributed by atoms with Gasteiger partial charge in [-0.25, -0.2) is 0 Å². The van der Waals surface area contributed by atoms with Crippen molar-refractivity contribution in [2.75, 3.05) is 33.7 Å². The topological polar surface area (TPSA) is 15.3 Å². The summed E-state index contributed by atoms with van der Waals surface area (Å²) in [5.41, 5.74) is 0.274. The molecule has 0 aliphatic heterocycles. The van der Waals surface area contributed by atoms with Crippen LogP contribution < -0.4 is 5.32 Å². The van der Waals surface area contributed by atoms with Gasteiger partial charge in [-0.2, -0.15) is 0 Å². The summed E-state index contributed by atoms with van der Waals surface area (Å²) >= 11 is 5.64. The van der Waals surface area contributed by atoms with E-state index in [4.69, 9.17) is 11.6 Å². The molecule has 0 aromatic rings. The third kappa shape index (κ3) is 8.28. The van der Waals surface area contributed by atoms with Gasteiger partial charge in [-0.05, 0) is 19.5 Å². The Kier molecular flexibility index (Phi) is 5.61. The number of hydrogen-bond acceptors (Lipinski definition) is 2. The predicted octanol–water partition coefficient (Wildman–Crippen LogP) is 1.92. The van der Waals surface area contributed by atoms with Gasteiger partial charge in [-0.1, -0.05) is 32.0 Å². The van der Waals surface area contributed by atoms with Crippen molar-refractivity contribution in [2.45, 2.75) is 13.8 Å². The van der Waals surface area contributed by atoms with Gasteiger partial charge in [0.25, 0.3) is 0 Å². The number of nitrogens with one attached hydrogen (secondary N) is 1. The van der Waals surface area contributed by atoms with Gasteiger partial charge in [0.1, 0.15) is 0 Å². The fourth-order valence-corrected chi connectivity index (χ4v) is 1.54. The van der Waals surface area contributed by atoms with Crippen molar-refractivity contribution in [3.05, 3.63) is 11.6 Å². The number of hydrogen-bond donors (Lipinski definition) is 1. The monoisotopic (exact) mass is 204 g/mol. The lowest BCUT2D eigenvalue weighted by Gasteiger charge is -2.28. The standard InChI is InChI=1S/C10H21ClN2/c1-9(11)6-12-7-10(2,3)8-13(4)5/h12H,1,6-8H2,2-5H3. The highest BCUT2D eigenvalue weighted by molar-refractivity contribution is 6.29. The molecule has 0 spiro atoms. The normalized spacial score (nSPS) is 12.2. The first-order valence-electron chi connectivity index (χ1n) is 4.52. The van der Waals surface area contributed by atoms with Crippen molar-refractivity contribution >= 4 is 11.6 Å². The second kappa shape index (κ2) is 5.63. The van der Waals surface area contributed by atoms with Crippen LogP contribution >= 0.6 is 11.6 Å². The first-order chi connectivity index (χ1) is 5.83. The summed E-state index contributed by atoms with van der Waals surface area (Å²) in [5.74, 6) is 0. The summed E-state index contributed by atoms with van der Waals surface area (Å²) in [6, 6.07) is 0. The zero-order valence-electron chi connectivity index (χ0n) is 9.15. The number of halogens is 1. The summed E-state index contributed by atoms with van der Waals surface area (Å²) in [4.78, 5) is 2.19. The highest BCUT2D eigenvalue weighted by Gasteiger charge is 2.17.